The van der Waals surface area contributed by atoms with Crippen molar-refractivity contribution in [3.8, 4) is 11.4 Å². The van der Waals surface area contributed by atoms with Gasteiger partial charge in [-0.15, -0.1) is 0 Å². The molecule has 2 aliphatic rings. The minimum atomic E-state index is -0.375. The van der Waals surface area contributed by atoms with Crippen LogP contribution in [0, 0.1) is 5.82 Å². The number of benzene rings is 2. The lowest BCUT2D eigenvalue weighted by Crippen LogP contribution is -2.41. The fourth-order valence-electron chi connectivity index (χ4n) is 4.56. The zero-order chi connectivity index (χ0) is 25.8. The number of morpholine rings is 1. The van der Waals surface area contributed by atoms with Gasteiger partial charge in [-0.2, -0.15) is 0 Å². The number of anilines is 2. The standard InChI is InChI=1S/C27H29FN6O3/c1-2-29-27(36)30-21-9-5-18(6-10-21)24-31-23-17-34(26(35)19-3-7-20(28)8-4-19)12-11-22(23)25(32-24)33-13-15-37-16-14-33/h3-10H,2,11-17H2,1H3,(H2,29,30,36). The number of ether oxygens (including phenoxy) is 1. The normalized spacial score (nSPS) is 15.2. The highest BCUT2D eigenvalue weighted by molar-refractivity contribution is 5.94. The molecule has 2 aliphatic heterocycles. The number of urea groups is 1. The van der Waals surface area contributed by atoms with Crippen LogP contribution in [0.5, 0.6) is 0 Å². The van der Waals surface area contributed by atoms with E-state index in [0.29, 0.717) is 56.3 Å². The van der Waals surface area contributed by atoms with Crippen molar-refractivity contribution in [2.75, 3.05) is 49.6 Å². The second-order valence-corrected chi connectivity index (χ2v) is 8.94. The van der Waals surface area contributed by atoms with E-state index in [1.54, 1.807) is 4.90 Å². The number of hydrogen-bond acceptors (Lipinski definition) is 6. The van der Waals surface area contributed by atoms with E-state index in [0.717, 1.165) is 35.7 Å². The Kier molecular flexibility index (Phi) is 7.27. The maximum Gasteiger partial charge on any atom is 0.319 e. The van der Waals surface area contributed by atoms with Gasteiger partial charge in [0.2, 0.25) is 0 Å². The summed E-state index contributed by atoms with van der Waals surface area (Å²) in [6.45, 7) is 5.99. The third-order valence-electron chi connectivity index (χ3n) is 6.47. The van der Waals surface area contributed by atoms with E-state index in [2.05, 4.69) is 15.5 Å². The average Bonchev–Trinajstić information content (AvgIpc) is 2.93. The lowest BCUT2D eigenvalue weighted by Gasteiger charge is -2.34. The van der Waals surface area contributed by atoms with Crippen molar-refractivity contribution in [1.82, 2.24) is 20.2 Å². The van der Waals surface area contributed by atoms with E-state index in [1.165, 1.54) is 24.3 Å². The summed E-state index contributed by atoms with van der Waals surface area (Å²) in [5, 5.41) is 5.50. The summed E-state index contributed by atoms with van der Waals surface area (Å²) in [5.41, 5.74) is 3.77. The van der Waals surface area contributed by atoms with Gasteiger partial charge in [-0.1, -0.05) is 0 Å². The van der Waals surface area contributed by atoms with Crippen LogP contribution >= 0.6 is 0 Å². The number of nitrogens with zero attached hydrogens (tertiary/aromatic N) is 4. The molecule has 3 aromatic rings. The summed E-state index contributed by atoms with van der Waals surface area (Å²) in [7, 11) is 0. The quantitative estimate of drug-likeness (QED) is 0.552. The molecule has 0 bridgehead atoms. The second-order valence-electron chi connectivity index (χ2n) is 8.94. The predicted octanol–water partition coefficient (Wildman–Crippen LogP) is 3.46. The Labute approximate surface area is 214 Å². The SMILES string of the molecule is CCNC(=O)Nc1ccc(-c2nc3c(c(N4CCOCC4)n2)CCN(C(=O)c2ccc(F)cc2)C3)cc1. The summed E-state index contributed by atoms with van der Waals surface area (Å²) in [5.74, 6) is 0.905. The number of halogens is 1. The topological polar surface area (TPSA) is 99.7 Å². The van der Waals surface area contributed by atoms with Gasteiger partial charge in [0.15, 0.2) is 5.82 Å². The largest absolute Gasteiger partial charge is 0.378 e. The zero-order valence-electron chi connectivity index (χ0n) is 20.7. The van der Waals surface area contributed by atoms with Crippen molar-refractivity contribution < 1.29 is 18.7 Å². The fraction of sp³-hybridized carbons (Fsp3) is 0.333. The summed E-state index contributed by atoms with van der Waals surface area (Å²) in [4.78, 5) is 38.8. The molecule has 1 aromatic heterocycles. The maximum absolute atomic E-state index is 13.4. The van der Waals surface area contributed by atoms with Crippen molar-refractivity contribution >= 4 is 23.4 Å². The second kappa shape index (κ2) is 10.9. The first-order valence-corrected chi connectivity index (χ1v) is 12.4. The number of rotatable bonds is 5. The van der Waals surface area contributed by atoms with Crippen molar-refractivity contribution in [2.24, 2.45) is 0 Å². The summed E-state index contributed by atoms with van der Waals surface area (Å²) in [6.07, 6.45) is 0.630. The smallest absolute Gasteiger partial charge is 0.319 e. The van der Waals surface area contributed by atoms with Gasteiger partial charge in [-0.05, 0) is 61.9 Å². The third kappa shape index (κ3) is 5.54. The fourth-order valence-corrected chi connectivity index (χ4v) is 4.56. The van der Waals surface area contributed by atoms with E-state index in [9.17, 15) is 14.0 Å². The maximum atomic E-state index is 13.4. The molecule has 192 valence electrons. The van der Waals surface area contributed by atoms with Crippen LogP contribution in [-0.2, 0) is 17.7 Å². The molecule has 3 heterocycles. The first-order chi connectivity index (χ1) is 18.0. The predicted molar refractivity (Wildman–Crippen MR) is 138 cm³/mol. The molecule has 0 aliphatic carbocycles. The highest BCUT2D eigenvalue weighted by atomic mass is 19.1. The Balaban J connectivity index is 1.45. The molecule has 0 saturated carbocycles. The Morgan fingerprint density at radius 2 is 1.73 bits per heavy atom. The lowest BCUT2D eigenvalue weighted by molar-refractivity contribution is 0.0731. The van der Waals surface area contributed by atoms with Gasteiger partial charge >= 0.3 is 6.03 Å². The van der Waals surface area contributed by atoms with Gasteiger partial charge < -0.3 is 25.2 Å². The van der Waals surface area contributed by atoms with Crippen molar-refractivity contribution in [3.63, 3.8) is 0 Å². The van der Waals surface area contributed by atoms with Gasteiger partial charge in [0.1, 0.15) is 11.6 Å². The van der Waals surface area contributed by atoms with E-state index < -0.39 is 0 Å². The van der Waals surface area contributed by atoms with Crippen LogP contribution in [0.15, 0.2) is 48.5 Å². The van der Waals surface area contributed by atoms with E-state index >= 15 is 0 Å². The van der Waals surface area contributed by atoms with Gasteiger partial charge in [-0.25, -0.2) is 19.2 Å². The molecule has 5 rings (SSSR count). The first-order valence-electron chi connectivity index (χ1n) is 12.4. The molecule has 0 unspecified atom stereocenters. The molecular formula is C27H29FN6O3. The zero-order valence-corrected chi connectivity index (χ0v) is 20.7. The number of carbonyl (C=O) groups excluding carboxylic acids is 2. The Morgan fingerprint density at radius 1 is 1.00 bits per heavy atom. The van der Waals surface area contributed by atoms with Crippen LogP contribution in [0.3, 0.4) is 0 Å². The average molecular weight is 505 g/mol. The summed E-state index contributed by atoms with van der Waals surface area (Å²) < 4.78 is 18.9. The molecule has 0 spiro atoms. The summed E-state index contributed by atoms with van der Waals surface area (Å²) in [6, 6.07) is 12.7. The van der Waals surface area contributed by atoms with Gasteiger partial charge in [0, 0.05) is 48.6 Å². The van der Waals surface area contributed by atoms with E-state index in [-0.39, 0.29) is 17.8 Å². The molecule has 1 saturated heterocycles. The van der Waals surface area contributed by atoms with Gasteiger partial charge in [0.05, 0.1) is 25.5 Å². The van der Waals surface area contributed by atoms with Crippen molar-refractivity contribution in [1.29, 1.82) is 0 Å². The molecule has 3 amide bonds. The number of fused-ring (bicyclic) bond motifs is 1. The summed E-state index contributed by atoms with van der Waals surface area (Å²) >= 11 is 0. The molecule has 37 heavy (non-hydrogen) atoms. The Morgan fingerprint density at radius 3 is 2.43 bits per heavy atom. The van der Waals surface area contributed by atoms with Crippen LogP contribution in [0.4, 0.5) is 20.7 Å². The van der Waals surface area contributed by atoms with Crippen LogP contribution in [0.2, 0.25) is 0 Å². The Hall–Kier alpha value is -4.05. The lowest BCUT2D eigenvalue weighted by atomic mass is 10.0. The molecular weight excluding hydrogens is 475 g/mol. The highest BCUT2D eigenvalue weighted by Gasteiger charge is 2.28. The number of hydrogen-bond donors (Lipinski definition) is 2. The Bertz CT molecular complexity index is 1280. The number of nitrogens with one attached hydrogen (secondary N) is 2. The van der Waals surface area contributed by atoms with E-state index in [4.69, 9.17) is 14.7 Å². The molecule has 1 fully saturated rings. The molecule has 10 heteroatoms. The minimum absolute atomic E-state index is 0.153. The minimum Gasteiger partial charge on any atom is -0.378 e. The van der Waals surface area contributed by atoms with Crippen LogP contribution in [-0.4, -0.2) is 66.2 Å². The molecule has 2 aromatic carbocycles. The molecule has 9 nitrogen and oxygen atoms in total. The molecule has 0 radical (unpaired) electrons. The first kappa shape index (κ1) is 24.6. The van der Waals surface area contributed by atoms with Crippen LogP contribution in [0.25, 0.3) is 11.4 Å². The number of aromatic nitrogens is 2. The van der Waals surface area contributed by atoms with E-state index in [1.807, 2.05) is 31.2 Å². The molecule has 0 atom stereocenters. The number of amides is 3. The van der Waals surface area contributed by atoms with Crippen molar-refractivity contribution in [2.45, 2.75) is 19.9 Å². The van der Waals surface area contributed by atoms with Crippen LogP contribution < -0.4 is 15.5 Å². The molecule has 2 N–H and O–H groups in total. The van der Waals surface area contributed by atoms with Gasteiger partial charge in [-0.3, -0.25) is 4.79 Å². The number of carbonyl (C=O) groups is 2. The van der Waals surface area contributed by atoms with Crippen molar-refractivity contribution in [3.05, 3.63) is 71.2 Å². The highest BCUT2D eigenvalue weighted by Crippen LogP contribution is 2.31. The van der Waals surface area contributed by atoms with Gasteiger partial charge in [0.25, 0.3) is 5.91 Å². The third-order valence-corrected chi connectivity index (χ3v) is 6.47. The monoisotopic (exact) mass is 504 g/mol. The van der Waals surface area contributed by atoms with Crippen LogP contribution in [0.1, 0.15) is 28.5 Å².